The Morgan fingerprint density at radius 3 is 2.29 bits per heavy atom. The molecule has 5 rings (SSSR count). The minimum atomic E-state index is -0.358. The fourth-order valence-electron chi connectivity index (χ4n) is 8.65. The first-order valence-electron chi connectivity index (χ1n) is 20.0. The van der Waals surface area contributed by atoms with Gasteiger partial charge in [0, 0.05) is 37.9 Å². The second-order valence-electron chi connectivity index (χ2n) is 15.7. The molecule has 0 N–H and O–H groups in total. The Bertz CT molecular complexity index is 1150. The Labute approximate surface area is 297 Å². The molecule has 5 heterocycles. The van der Waals surface area contributed by atoms with Crippen molar-refractivity contribution in [2.45, 2.75) is 166 Å². The predicted molar refractivity (Wildman–Crippen MR) is 197 cm³/mol. The van der Waals surface area contributed by atoms with Crippen molar-refractivity contribution in [2.24, 2.45) is 11.8 Å². The minimum absolute atomic E-state index is 0.0382. The number of piperidine rings is 1. The van der Waals surface area contributed by atoms with E-state index in [-0.39, 0.29) is 48.8 Å². The molecule has 0 saturated carbocycles. The summed E-state index contributed by atoms with van der Waals surface area (Å²) in [6.07, 6.45) is 32.2. The monoisotopic (exact) mass is 678 g/mol. The van der Waals surface area contributed by atoms with Crippen LogP contribution in [0.15, 0.2) is 48.1 Å². The number of carbonyl (C=O) groups is 2. The van der Waals surface area contributed by atoms with Crippen molar-refractivity contribution in [2.75, 3.05) is 26.2 Å². The van der Waals surface area contributed by atoms with Crippen LogP contribution in [0, 0.1) is 11.8 Å². The number of hydrogen-bond donors (Lipinski definition) is 0. The summed E-state index contributed by atoms with van der Waals surface area (Å²) in [7, 11) is 0. The highest BCUT2D eigenvalue weighted by Crippen LogP contribution is 2.33. The van der Waals surface area contributed by atoms with Gasteiger partial charge in [-0.05, 0) is 109 Å². The van der Waals surface area contributed by atoms with Gasteiger partial charge < -0.3 is 24.0 Å². The number of esters is 1. The van der Waals surface area contributed by atoms with Gasteiger partial charge in [0.25, 0.3) is 0 Å². The Hall–Kier alpha value is -2.22. The Morgan fingerprint density at radius 2 is 1.53 bits per heavy atom. The molecule has 5 aliphatic heterocycles. The number of unbranched alkanes of at least 4 members (excludes halogenated alkanes) is 1. The van der Waals surface area contributed by atoms with E-state index in [2.05, 4.69) is 54.9 Å². The SMILES string of the molecule is CC=C1CC2CC(=O)OC(C=CC=CCCCC(=O)N3CCC(N4CCCCCC4)CC3)C(C)C=CC(C)CC3CCCC(CC(C1)O2)O3. The van der Waals surface area contributed by atoms with Crippen molar-refractivity contribution < 1.29 is 23.8 Å². The molecule has 0 spiro atoms. The molecule has 0 aliphatic carbocycles. The Kier molecular flexibility index (Phi) is 15.5. The van der Waals surface area contributed by atoms with Crippen LogP contribution in [0.3, 0.4) is 0 Å². The number of hydrogen-bond acceptors (Lipinski definition) is 6. The first-order valence-corrected chi connectivity index (χ1v) is 20.0. The van der Waals surface area contributed by atoms with E-state index >= 15 is 0 Å². The van der Waals surface area contributed by atoms with Gasteiger partial charge >= 0.3 is 5.97 Å². The number of cyclic esters (lactones) is 1. The summed E-state index contributed by atoms with van der Waals surface area (Å²) in [5.74, 6) is 0.521. The van der Waals surface area contributed by atoms with Gasteiger partial charge in [-0.2, -0.15) is 0 Å². The zero-order valence-electron chi connectivity index (χ0n) is 30.9. The normalized spacial score (nSPS) is 34.3. The number of carbonyl (C=O) groups excluding carboxylic acids is 2. The van der Waals surface area contributed by atoms with Gasteiger partial charge in [0.15, 0.2) is 0 Å². The van der Waals surface area contributed by atoms with Gasteiger partial charge in [-0.25, -0.2) is 0 Å². The molecule has 49 heavy (non-hydrogen) atoms. The molecule has 7 unspecified atom stereocenters. The van der Waals surface area contributed by atoms with Gasteiger partial charge in [-0.1, -0.05) is 68.7 Å². The number of amides is 1. The maximum Gasteiger partial charge on any atom is 0.309 e. The maximum absolute atomic E-state index is 13.3. The summed E-state index contributed by atoms with van der Waals surface area (Å²) in [5.41, 5.74) is 1.36. The largest absolute Gasteiger partial charge is 0.457 e. The molecular formula is C42H66N2O5. The molecular weight excluding hydrogens is 612 g/mol. The number of likely N-dealkylation sites (tertiary alicyclic amines) is 2. The number of ether oxygens (including phenoxy) is 3. The van der Waals surface area contributed by atoms with Crippen molar-refractivity contribution in [1.29, 1.82) is 0 Å². The van der Waals surface area contributed by atoms with Gasteiger partial charge in [-0.3, -0.25) is 9.59 Å². The average Bonchev–Trinajstić information content (AvgIpc) is 3.39. The lowest BCUT2D eigenvalue weighted by Crippen LogP contribution is -2.47. The van der Waals surface area contributed by atoms with Crippen LogP contribution in [0.2, 0.25) is 0 Å². The lowest BCUT2D eigenvalue weighted by Gasteiger charge is -2.38. The van der Waals surface area contributed by atoms with Crippen molar-refractivity contribution in [1.82, 2.24) is 9.80 Å². The van der Waals surface area contributed by atoms with Crippen LogP contribution in [0.4, 0.5) is 0 Å². The number of fused-ring (bicyclic) bond motifs is 4. The highest BCUT2D eigenvalue weighted by molar-refractivity contribution is 5.76. The van der Waals surface area contributed by atoms with E-state index in [1.54, 1.807) is 0 Å². The Morgan fingerprint density at radius 1 is 0.816 bits per heavy atom. The van der Waals surface area contributed by atoms with E-state index in [4.69, 9.17) is 14.2 Å². The molecule has 7 nitrogen and oxygen atoms in total. The second-order valence-corrected chi connectivity index (χ2v) is 15.7. The van der Waals surface area contributed by atoms with Crippen LogP contribution in [0.1, 0.15) is 130 Å². The quantitative estimate of drug-likeness (QED) is 0.116. The van der Waals surface area contributed by atoms with E-state index in [9.17, 15) is 9.59 Å². The lowest BCUT2D eigenvalue weighted by atomic mass is 9.90. The second kappa shape index (κ2) is 20.0. The molecule has 7 heteroatoms. The fraction of sp³-hybridized carbons (Fsp3) is 0.762. The van der Waals surface area contributed by atoms with E-state index in [1.165, 1.54) is 50.8 Å². The average molecular weight is 679 g/mol. The van der Waals surface area contributed by atoms with E-state index < -0.39 is 0 Å². The summed E-state index contributed by atoms with van der Waals surface area (Å²) in [4.78, 5) is 31.0. The predicted octanol–water partition coefficient (Wildman–Crippen LogP) is 8.49. The third-order valence-electron chi connectivity index (χ3n) is 11.6. The first-order chi connectivity index (χ1) is 23.9. The molecule has 0 aromatic heterocycles. The Balaban J connectivity index is 1.11. The molecule has 0 radical (unpaired) electrons. The van der Waals surface area contributed by atoms with Crippen LogP contribution >= 0.6 is 0 Å². The molecule has 1 amide bonds. The van der Waals surface area contributed by atoms with Crippen molar-refractivity contribution >= 4 is 11.9 Å². The topological polar surface area (TPSA) is 68.3 Å². The number of allylic oxidation sites excluding steroid dienone is 5. The zero-order valence-corrected chi connectivity index (χ0v) is 30.9. The summed E-state index contributed by atoms with van der Waals surface area (Å²) < 4.78 is 19.2. The molecule has 274 valence electrons. The standard InChI is InChI=1S/C42H66N2O5/c1-4-34-28-38-30-37-16-14-15-36(47-37)27-32(2)19-20-33(3)40(49-42(46)31-39(29-34)48-38)17-10-6-5-7-11-18-41(45)44-25-21-35(22-26-44)43-23-12-8-9-13-24-43/h4-6,10,17,19-20,32-33,35-40H,7-9,11-16,18,21-31H2,1-3H3. The molecule has 0 aromatic carbocycles. The third-order valence-corrected chi connectivity index (χ3v) is 11.6. The number of nitrogens with zero attached hydrogens (tertiary/aromatic N) is 2. The summed E-state index contributed by atoms with van der Waals surface area (Å²) >= 11 is 0. The van der Waals surface area contributed by atoms with Crippen LogP contribution in [-0.4, -0.2) is 84.4 Å². The van der Waals surface area contributed by atoms with Crippen LogP contribution in [0.5, 0.6) is 0 Å². The fourth-order valence-corrected chi connectivity index (χ4v) is 8.65. The van der Waals surface area contributed by atoms with Crippen LogP contribution < -0.4 is 0 Å². The molecule has 0 aromatic rings. The van der Waals surface area contributed by atoms with Crippen molar-refractivity contribution in [3.8, 4) is 0 Å². The van der Waals surface area contributed by atoms with Gasteiger partial charge in [0.1, 0.15) is 6.10 Å². The smallest absolute Gasteiger partial charge is 0.309 e. The molecule has 4 saturated heterocycles. The van der Waals surface area contributed by atoms with Gasteiger partial charge in [-0.15, -0.1) is 0 Å². The van der Waals surface area contributed by atoms with Crippen molar-refractivity contribution in [3.05, 3.63) is 48.1 Å². The van der Waals surface area contributed by atoms with E-state index in [1.807, 2.05) is 18.2 Å². The first kappa shape index (κ1) is 38.0. The minimum Gasteiger partial charge on any atom is -0.457 e. The van der Waals surface area contributed by atoms with Crippen LogP contribution in [-0.2, 0) is 23.8 Å². The molecule has 4 bridgehead atoms. The van der Waals surface area contributed by atoms with Crippen LogP contribution in [0.25, 0.3) is 0 Å². The zero-order chi connectivity index (χ0) is 34.4. The van der Waals surface area contributed by atoms with Crippen molar-refractivity contribution in [3.63, 3.8) is 0 Å². The highest BCUT2D eigenvalue weighted by atomic mass is 16.5. The summed E-state index contributed by atoms with van der Waals surface area (Å²) in [5, 5.41) is 0. The molecule has 7 atom stereocenters. The summed E-state index contributed by atoms with van der Waals surface area (Å²) in [6.45, 7) is 10.8. The molecule has 5 aliphatic rings. The number of rotatable bonds is 7. The maximum atomic E-state index is 13.3. The van der Waals surface area contributed by atoms with Gasteiger partial charge in [0.2, 0.25) is 5.91 Å². The van der Waals surface area contributed by atoms with E-state index in [0.29, 0.717) is 24.3 Å². The van der Waals surface area contributed by atoms with E-state index in [0.717, 1.165) is 77.3 Å². The molecule has 4 fully saturated rings. The summed E-state index contributed by atoms with van der Waals surface area (Å²) in [6, 6.07) is 0.662. The lowest BCUT2D eigenvalue weighted by molar-refractivity contribution is -0.154. The van der Waals surface area contributed by atoms with Gasteiger partial charge in [0.05, 0.1) is 30.8 Å². The highest BCUT2D eigenvalue weighted by Gasteiger charge is 2.33. The third kappa shape index (κ3) is 12.5.